The smallest absolute Gasteiger partial charge is 0.354 e. The minimum absolute atomic E-state index is 0.0228. The highest BCUT2D eigenvalue weighted by molar-refractivity contribution is 8.23. The van der Waals surface area contributed by atoms with Gasteiger partial charge in [-0.3, -0.25) is 13.9 Å². The van der Waals surface area contributed by atoms with Crippen LogP contribution in [0, 0.1) is 5.92 Å². The predicted octanol–water partition coefficient (Wildman–Crippen LogP) is 0.406. The number of carboxylic acids is 1. The highest BCUT2D eigenvalue weighted by Gasteiger charge is 2.58. The second-order valence-electron chi connectivity index (χ2n) is 5.26. The third-order valence-electron chi connectivity index (χ3n) is 3.78. The Morgan fingerprint density at radius 1 is 1.57 bits per heavy atom. The van der Waals surface area contributed by atoms with Crippen LogP contribution in [0.3, 0.4) is 0 Å². The molecule has 3 rings (SSSR count). The van der Waals surface area contributed by atoms with Crippen LogP contribution in [0.2, 0.25) is 0 Å². The topological polar surface area (TPSA) is 94.9 Å². The number of aliphatic hydroxyl groups excluding tert-OH is 1. The summed E-state index contributed by atoms with van der Waals surface area (Å²) in [5.74, 6) is -0.768. The maximum absolute atomic E-state index is 12.0. The first-order chi connectivity index (χ1) is 9.90. The third-order valence-corrected chi connectivity index (χ3v) is 8.33. The van der Waals surface area contributed by atoms with E-state index < -0.39 is 28.8 Å². The van der Waals surface area contributed by atoms with Gasteiger partial charge in [0.2, 0.25) is 5.91 Å². The minimum Gasteiger partial charge on any atom is -0.477 e. The maximum atomic E-state index is 12.0. The number of carboxylic acid groups (broad SMARTS) is 1. The quantitative estimate of drug-likeness (QED) is 0.710. The van der Waals surface area contributed by atoms with Gasteiger partial charge in [-0.1, -0.05) is 11.8 Å². The van der Waals surface area contributed by atoms with Crippen LogP contribution in [-0.2, 0) is 20.4 Å². The molecular formula is C12H15NO5S3. The molecule has 0 radical (unpaired) electrons. The van der Waals surface area contributed by atoms with Crippen molar-refractivity contribution in [1.29, 1.82) is 0 Å². The minimum atomic E-state index is -1.12. The molecule has 9 heteroatoms. The number of aliphatic carboxylic acids is 1. The van der Waals surface area contributed by atoms with Gasteiger partial charge in [-0.15, -0.1) is 11.8 Å². The number of fused-ring (bicyclic) bond motifs is 1. The second-order valence-corrected chi connectivity index (χ2v) is 9.58. The Labute approximate surface area is 132 Å². The van der Waals surface area contributed by atoms with Gasteiger partial charge < -0.3 is 10.2 Å². The number of hydrogen-bond donors (Lipinski definition) is 2. The molecule has 0 aliphatic carbocycles. The lowest BCUT2D eigenvalue weighted by atomic mass is 9.92. The van der Waals surface area contributed by atoms with Gasteiger partial charge in [-0.05, 0) is 13.3 Å². The summed E-state index contributed by atoms with van der Waals surface area (Å²) in [5.41, 5.74) is 0.0228. The zero-order valence-corrected chi connectivity index (χ0v) is 13.7. The molecule has 1 amide bonds. The first kappa shape index (κ1) is 15.4. The van der Waals surface area contributed by atoms with E-state index in [4.69, 9.17) is 0 Å². The van der Waals surface area contributed by atoms with Gasteiger partial charge in [0.25, 0.3) is 0 Å². The third kappa shape index (κ3) is 2.54. The van der Waals surface area contributed by atoms with Crippen LogP contribution in [0.15, 0.2) is 9.93 Å². The summed E-state index contributed by atoms with van der Waals surface area (Å²) < 4.78 is 12.0. The van der Waals surface area contributed by atoms with Crippen LogP contribution in [0.5, 0.6) is 0 Å². The van der Waals surface area contributed by atoms with Crippen molar-refractivity contribution in [3.05, 3.63) is 9.93 Å². The highest BCUT2D eigenvalue weighted by atomic mass is 32.2. The molecule has 2 fully saturated rings. The monoisotopic (exact) mass is 349 g/mol. The summed E-state index contributed by atoms with van der Waals surface area (Å²) in [7, 11) is -0.819. The maximum Gasteiger partial charge on any atom is 0.354 e. The number of carbonyl (C=O) groups excluding carboxylic acids is 1. The molecule has 3 aliphatic rings. The van der Waals surface area contributed by atoms with E-state index >= 15 is 0 Å². The van der Waals surface area contributed by atoms with E-state index in [1.807, 2.05) is 0 Å². The van der Waals surface area contributed by atoms with Crippen LogP contribution >= 0.6 is 23.5 Å². The molecule has 1 unspecified atom stereocenters. The predicted molar refractivity (Wildman–Crippen MR) is 81.9 cm³/mol. The van der Waals surface area contributed by atoms with Gasteiger partial charge in [-0.2, -0.15) is 0 Å². The molecule has 6 nitrogen and oxygen atoms in total. The number of rotatable bonds is 4. The number of thioether (sulfide) groups is 2. The standard InChI is InChI=1S/C12H15NO5S3/c1-5(14)7-9(15)13-8(11(16)17)12(20-10(7)13)19-6-2-3-21(18)4-6/h5-7,10,14H,2-4H2,1H3,(H,16,17)/t5-,6-,7+,10-,21?/m1/s1. The number of amides is 1. The van der Waals surface area contributed by atoms with Crippen molar-refractivity contribution in [2.75, 3.05) is 11.5 Å². The van der Waals surface area contributed by atoms with E-state index in [9.17, 15) is 24.0 Å². The zero-order valence-electron chi connectivity index (χ0n) is 11.2. The van der Waals surface area contributed by atoms with Crippen LogP contribution in [-0.4, -0.2) is 59.4 Å². The second kappa shape index (κ2) is 5.60. The fourth-order valence-electron chi connectivity index (χ4n) is 2.71. The van der Waals surface area contributed by atoms with E-state index in [0.29, 0.717) is 15.7 Å². The Hall–Kier alpha value is -0.510. The fraction of sp³-hybridized carbons (Fsp3) is 0.667. The molecule has 0 bridgehead atoms. The Morgan fingerprint density at radius 2 is 2.29 bits per heavy atom. The molecule has 0 aromatic rings. The largest absolute Gasteiger partial charge is 0.477 e. The molecule has 3 aliphatic heterocycles. The number of aliphatic hydroxyl groups is 1. The first-order valence-corrected chi connectivity index (χ1v) is 9.82. The highest BCUT2D eigenvalue weighted by Crippen LogP contribution is 2.55. The summed E-state index contributed by atoms with van der Waals surface area (Å²) in [6.45, 7) is 1.55. The van der Waals surface area contributed by atoms with Crippen LogP contribution < -0.4 is 0 Å². The lowest BCUT2D eigenvalue weighted by Gasteiger charge is -2.43. The number of carbonyl (C=O) groups is 2. The van der Waals surface area contributed by atoms with E-state index in [1.165, 1.54) is 28.4 Å². The summed E-state index contributed by atoms with van der Waals surface area (Å²) in [6, 6.07) is 0. The van der Waals surface area contributed by atoms with Crippen LogP contribution in [0.25, 0.3) is 0 Å². The Kier molecular flexibility index (Phi) is 4.10. The SMILES string of the molecule is C[C@@H](O)[C@H]1C(=O)N2C(C(=O)O)=C(S[C@@H]3CCS(=O)C3)S[C@H]12. The lowest BCUT2D eigenvalue weighted by molar-refractivity contribution is -0.156. The molecule has 116 valence electrons. The summed E-state index contributed by atoms with van der Waals surface area (Å²) >= 11 is 2.74. The van der Waals surface area contributed by atoms with Crippen LogP contribution in [0.1, 0.15) is 13.3 Å². The number of hydrogen-bond acceptors (Lipinski definition) is 6. The molecule has 2 saturated heterocycles. The molecular weight excluding hydrogens is 334 g/mol. The van der Waals surface area contributed by atoms with E-state index in [0.717, 1.165) is 6.42 Å². The van der Waals surface area contributed by atoms with Crippen molar-refractivity contribution in [3.8, 4) is 0 Å². The Morgan fingerprint density at radius 3 is 2.81 bits per heavy atom. The van der Waals surface area contributed by atoms with Gasteiger partial charge in [0.1, 0.15) is 5.37 Å². The van der Waals surface area contributed by atoms with Gasteiger partial charge in [0.05, 0.1) is 16.3 Å². The molecule has 0 aromatic heterocycles. The van der Waals surface area contributed by atoms with E-state index in [1.54, 1.807) is 6.92 Å². The van der Waals surface area contributed by atoms with Crippen molar-refractivity contribution >= 4 is 46.2 Å². The normalized spacial score (nSPS) is 36.7. The summed E-state index contributed by atoms with van der Waals surface area (Å²) in [4.78, 5) is 24.8. The zero-order chi connectivity index (χ0) is 15.3. The van der Waals surface area contributed by atoms with Crippen molar-refractivity contribution < 1.29 is 24.0 Å². The van der Waals surface area contributed by atoms with Gasteiger partial charge in [0.15, 0.2) is 5.70 Å². The summed E-state index contributed by atoms with van der Waals surface area (Å²) in [6.07, 6.45) is 0.0109. The van der Waals surface area contributed by atoms with Crippen LogP contribution in [0.4, 0.5) is 0 Å². The van der Waals surface area contributed by atoms with Gasteiger partial charge in [-0.25, -0.2) is 4.79 Å². The fourth-order valence-corrected chi connectivity index (χ4v) is 7.97. The lowest BCUT2D eigenvalue weighted by Crippen LogP contribution is -2.60. The summed E-state index contributed by atoms with van der Waals surface area (Å²) in [5, 5.41) is 18.8. The Balaban J connectivity index is 1.81. The molecule has 0 spiro atoms. The van der Waals surface area contributed by atoms with E-state index in [-0.39, 0.29) is 22.2 Å². The Bertz CT molecular complexity index is 561. The average Bonchev–Trinajstić information content (AvgIpc) is 2.91. The van der Waals surface area contributed by atoms with Gasteiger partial charge in [0, 0.05) is 27.6 Å². The molecule has 2 N–H and O–H groups in total. The van der Waals surface area contributed by atoms with Crippen molar-refractivity contribution in [1.82, 2.24) is 4.90 Å². The van der Waals surface area contributed by atoms with Crippen molar-refractivity contribution in [2.24, 2.45) is 5.92 Å². The molecule has 5 atom stereocenters. The first-order valence-electron chi connectivity index (χ1n) is 6.57. The average molecular weight is 349 g/mol. The molecule has 0 saturated carbocycles. The molecule has 21 heavy (non-hydrogen) atoms. The van der Waals surface area contributed by atoms with Crippen molar-refractivity contribution in [3.63, 3.8) is 0 Å². The van der Waals surface area contributed by atoms with E-state index in [2.05, 4.69) is 0 Å². The molecule has 3 heterocycles. The number of nitrogens with zero attached hydrogens (tertiary/aromatic N) is 1. The molecule has 0 aromatic carbocycles. The van der Waals surface area contributed by atoms with Gasteiger partial charge >= 0.3 is 5.97 Å². The van der Waals surface area contributed by atoms with Crippen molar-refractivity contribution in [2.45, 2.75) is 30.1 Å². The number of β-lactam (4-membered cyclic amide) rings is 1.